The Morgan fingerprint density at radius 2 is 1.83 bits per heavy atom. The highest BCUT2D eigenvalue weighted by atomic mass is 16.6. The lowest BCUT2D eigenvalue weighted by Gasteiger charge is -1.82. The molecule has 1 aromatic rings. The van der Waals surface area contributed by atoms with Crippen molar-refractivity contribution in [1.82, 2.24) is 0 Å². The third kappa shape index (κ3) is 6.30. The molecule has 0 N–H and O–H groups in total. The van der Waals surface area contributed by atoms with Gasteiger partial charge in [-0.3, -0.25) is 10.1 Å². The first-order chi connectivity index (χ1) is 5.66. The number of hydrogen-bond acceptors (Lipinski definition) is 2. The molecule has 0 radical (unpaired) electrons. The van der Waals surface area contributed by atoms with E-state index in [2.05, 4.69) is 5.92 Å². The molecule has 0 aliphatic heterocycles. The second kappa shape index (κ2) is 5.93. The van der Waals surface area contributed by atoms with E-state index in [-0.39, 0.29) is 0 Å². The van der Waals surface area contributed by atoms with Gasteiger partial charge in [-0.1, -0.05) is 24.1 Å². The predicted molar refractivity (Wildman–Crippen MR) is 47.3 cm³/mol. The lowest BCUT2D eigenvalue weighted by Crippen LogP contribution is -1.79. The van der Waals surface area contributed by atoms with Crippen molar-refractivity contribution < 1.29 is 4.92 Å². The largest absolute Gasteiger partial charge is 0.265 e. The average Bonchev–Trinajstić information content (AvgIpc) is 2.05. The summed E-state index contributed by atoms with van der Waals surface area (Å²) in [6.07, 6.45) is 5.10. The molecule has 3 nitrogen and oxygen atoms in total. The molecule has 0 fully saturated rings. The minimum atomic E-state index is -0.500. The van der Waals surface area contributed by atoms with E-state index in [0.717, 1.165) is 12.6 Å². The molecule has 0 unspecified atom stereocenters. The van der Waals surface area contributed by atoms with Crippen molar-refractivity contribution >= 4 is 0 Å². The lowest BCUT2D eigenvalue weighted by atomic mass is 10.2. The van der Waals surface area contributed by atoms with Gasteiger partial charge >= 0.3 is 0 Å². The molecular formula is C9H9NO2. The molecule has 0 saturated heterocycles. The maximum Gasteiger partial charge on any atom is 0.194 e. The van der Waals surface area contributed by atoms with Gasteiger partial charge in [0.2, 0.25) is 0 Å². The fourth-order valence-electron chi connectivity index (χ4n) is 0.534. The van der Waals surface area contributed by atoms with E-state index in [1.54, 1.807) is 0 Å². The normalized spacial score (nSPS) is 7.33. The van der Waals surface area contributed by atoms with Crippen LogP contribution in [0, 0.1) is 22.5 Å². The van der Waals surface area contributed by atoms with Crippen LogP contribution in [0.4, 0.5) is 0 Å². The molecule has 3 heteroatoms. The fourth-order valence-corrected chi connectivity index (χ4v) is 0.534. The Labute approximate surface area is 71.2 Å². The van der Waals surface area contributed by atoms with Crippen molar-refractivity contribution in [2.45, 2.75) is 0 Å². The van der Waals surface area contributed by atoms with Gasteiger partial charge in [-0.25, -0.2) is 0 Å². The lowest BCUT2D eigenvalue weighted by molar-refractivity contribution is -0.445. The number of nitrogens with zero attached hydrogens (tertiary/aromatic N) is 1. The van der Waals surface area contributed by atoms with E-state index < -0.39 is 4.92 Å². The maximum absolute atomic E-state index is 8.81. The Kier molecular flexibility index (Phi) is 5.03. The van der Waals surface area contributed by atoms with Gasteiger partial charge in [0.1, 0.15) is 0 Å². The zero-order chi connectivity index (χ0) is 9.40. The molecule has 1 rings (SSSR count). The quantitative estimate of drug-likeness (QED) is 0.331. The molecule has 0 aromatic heterocycles. The van der Waals surface area contributed by atoms with Crippen LogP contribution in [0.3, 0.4) is 0 Å². The van der Waals surface area contributed by atoms with E-state index in [4.69, 9.17) is 16.5 Å². The van der Waals surface area contributed by atoms with Gasteiger partial charge in [0.25, 0.3) is 0 Å². The summed E-state index contributed by atoms with van der Waals surface area (Å²) >= 11 is 0. The molecule has 0 atom stereocenters. The molecule has 62 valence electrons. The summed E-state index contributed by atoms with van der Waals surface area (Å²) < 4.78 is 0. The van der Waals surface area contributed by atoms with Gasteiger partial charge in [-0.15, -0.1) is 6.42 Å². The Morgan fingerprint density at radius 1 is 1.42 bits per heavy atom. The number of rotatable bonds is 0. The van der Waals surface area contributed by atoms with E-state index >= 15 is 0 Å². The summed E-state index contributed by atoms with van der Waals surface area (Å²) in [5, 5.41) is 8.81. The van der Waals surface area contributed by atoms with Gasteiger partial charge in [-0.2, -0.15) is 0 Å². The van der Waals surface area contributed by atoms with Gasteiger partial charge < -0.3 is 0 Å². The van der Waals surface area contributed by atoms with Crippen molar-refractivity contribution in [1.29, 1.82) is 0 Å². The summed E-state index contributed by atoms with van der Waals surface area (Å²) in [5.41, 5.74) is 0.938. The molecule has 0 aliphatic rings. The highest BCUT2D eigenvalue weighted by Crippen LogP contribution is 1.92. The molecule has 0 heterocycles. The third-order valence-corrected chi connectivity index (χ3v) is 0.940. The molecular weight excluding hydrogens is 154 g/mol. The fraction of sp³-hybridized carbons (Fsp3) is 0.111. The molecule has 0 aliphatic carbocycles. The van der Waals surface area contributed by atoms with Crippen LogP contribution in [-0.2, 0) is 0 Å². The highest BCUT2D eigenvalue weighted by molar-refractivity contribution is 5.30. The van der Waals surface area contributed by atoms with Crippen LogP contribution >= 0.6 is 0 Å². The van der Waals surface area contributed by atoms with Crippen molar-refractivity contribution in [3.63, 3.8) is 0 Å². The van der Waals surface area contributed by atoms with Gasteiger partial charge in [-0.05, 0) is 12.1 Å². The Balaban J connectivity index is 0.000000261. The summed E-state index contributed by atoms with van der Waals surface area (Å²) in [5.74, 6) is 2.53. The van der Waals surface area contributed by atoms with Gasteiger partial charge in [0.15, 0.2) is 7.05 Å². The Bertz CT molecular complexity index is 270. The maximum atomic E-state index is 8.81. The average molecular weight is 163 g/mol. The van der Waals surface area contributed by atoms with Crippen molar-refractivity contribution in [3.05, 3.63) is 46.0 Å². The smallest absolute Gasteiger partial charge is 0.194 e. The van der Waals surface area contributed by atoms with Crippen molar-refractivity contribution in [3.8, 4) is 12.3 Å². The zero-order valence-electron chi connectivity index (χ0n) is 6.73. The third-order valence-electron chi connectivity index (χ3n) is 0.940. The SMILES string of the molecule is C#Cc1ccccc1.C[N+](=O)[O-]. The molecule has 0 spiro atoms. The minimum Gasteiger partial charge on any atom is -0.265 e. The monoisotopic (exact) mass is 163 g/mol. The van der Waals surface area contributed by atoms with Crippen LogP contribution in [-0.4, -0.2) is 12.0 Å². The van der Waals surface area contributed by atoms with Crippen LogP contribution < -0.4 is 0 Å². The zero-order valence-corrected chi connectivity index (χ0v) is 6.73. The summed E-state index contributed by atoms with van der Waals surface area (Å²) in [4.78, 5) is 8.31. The summed E-state index contributed by atoms with van der Waals surface area (Å²) in [7, 11) is 0.889. The van der Waals surface area contributed by atoms with E-state index in [1.165, 1.54) is 0 Å². The molecule has 0 amide bonds. The Hall–Kier alpha value is -1.82. The number of terminal acetylenes is 1. The van der Waals surface area contributed by atoms with Crippen LogP contribution in [0.2, 0.25) is 0 Å². The summed E-state index contributed by atoms with van der Waals surface area (Å²) in [6, 6.07) is 9.60. The number of benzene rings is 1. The van der Waals surface area contributed by atoms with Crippen molar-refractivity contribution in [2.24, 2.45) is 0 Å². The molecule has 0 saturated carbocycles. The van der Waals surface area contributed by atoms with Gasteiger partial charge in [0, 0.05) is 10.5 Å². The topological polar surface area (TPSA) is 43.1 Å². The second-order valence-corrected chi connectivity index (χ2v) is 1.95. The Morgan fingerprint density at radius 3 is 2.08 bits per heavy atom. The van der Waals surface area contributed by atoms with Crippen LogP contribution in [0.5, 0.6) is 0 Å². The second-order valence-electron chi connectivity index (χ2n) is 1.95. The van der Waals surface area contributed by atoms with E-state index in [0.29, 0.717) is 0 Å². The van der Waals surface area contributed by atoms with E-state index in [9.17, 15) is 0 Å². The van der Waals surface area contributed by atoms with Crippen LogP contribution in [0.15, 0.2) is 30.3 Å². The molecule has 0 bridgehead atoms. The first-order valence-electron chi connectivity index (χ1n) is 3.26. The van der Waals surface area contributed by atoms with Gasteiger partial charge in [0.05, 0.1) is 0 Å². The number of hydrogen-bond donors (Lipinski definition) is 0. The first-order valence-corrected chi connectivity index (χ1v) is 3.26. The molecule has 1 aromatic carbocycles. The summed E-state index contributed by atoms with van der Waals surface area (Å²) in [6.45, 7) is 0. The number of nitro groups is 1. The minimum absolute atomic E-state index is 0.500. The van der Waals surface area contributed by atoms with Crippen LogP contribution in [0.25, 0.3) is 0 Å². The predicted octanol–water partition coefficient (Wildman–Crippen LogP) is 1.56. The first kappa shape index (κ1) is 10.2. The highest BCUT2D eigenvalue weighted by Gasteiger charge is 1.76. The van der Waals surface area contributed by atoms with Crippen LogP contribution in [0.1, 0.15) is 5.56 Å². The van der Waals surface area contributed by atoms with Crippen molar-refractivity contribution in [2.75, 3.05) is 7.05 Å². The standard InChI is InChI=1S/C8H6.CH3NO2/c1-2-8-6-4-3-5-7-8;1-2(3)4/h1,3-7H;1H3. The van der Waals surface area contributed by atoms with E-state index in [1.807, 2.05) is 30.3 Å². The molecule has 12 heavy (non-hydrogen) atoms.